The Hall–Kier alpha value is -1.81. The zero-order valence-corrected chi connectivity index (χ0v) is 8.07. The minimum atomic E-state index is -1.22. The first kappa shape index (κ1) is 9.73. The number of fused-ring (bicyclic) bond motifs is 1. The smallest absolute Gasteiger partial charge is 0.0585 e. The number of carbonyl (C=O) groups is 1. The highest BCUT2D eigenvalue weighted by Gasteiger charge is 2.08. The summed E-state index contributed by atoms with van der Waals surface area (Å²) in [5.74, 6) is -1.22. The van der Waals surface area contributed by atoms with Crippen LogP contribution in [0.2, 0.25) is 0 Å². The minimum Gasteiger partial charge on any atom is -0.548 e. The van der Waals surface area contributed by atoms with Gasteiger partial charge in [0.2, 0.25) is 0 Å². The van der Waals surface area contributed by atoms with E-state index in [0.29, 0.717) is 0 Å². The standard InChI is InChI=1S/C11H12N2O2/c12-9(11(14)15)5-7-6-13-10-4-2-1-3-8(7)10/h1-4,6,9,13H,5,12H2,(H,14,15)/p-1/t9-/m0/s1. The van der Waals surface area contributed by atoms with Crippen LogP contribution in [0.15, 0.2) is 30.5 Å². The summed E-state index contributed by atoms with van der Waals surface area (Å²) >= 11 is 0. The van der Waals surface area contributed by atoms with Gasteiger partial charge >= 0.3 is 0 Å². The SMILES string of the molecule is N[C@@H](Cc1c[nH]c2ccccc12)C(=O)[O-]. The van der Waals surface area contributed by atoms with Crippen molar-refractivity contribution in [3.8, 4) is 0 Å². The molecule has 0 amide bonds. The van der Waals surface area contributed by atoms with Crippen LogP contribution in [0.25, 0.3) is 10.9 Å². The maximum atomic E-state index is 10.5. The van der Waals surface area contributed by atoms with Gasteiger partial charge in [0.25, 0.3) is 0 Å². The number of nitrogens with one attached hydrogen (secondary N) is 1. The third kappa shape index (κ3) is 1.85. The minimum absolute atomic E-state index is 0.284. The molecule has 4 heteroatoms. The number of benzene rings is 1. The lowest BCUT2D eigenvalue weighted by molar-refractivity contribution is -0.307. The summed E-state index contributed by atoms with van der Waals surface area (Å²) in [6.07, 6.45) is 2.07. The fraction of sp³-hybridized carbons (Fsp3) is 0.182. The second-order valence-corrected chi connectivity index (χ2v) is 3.49. The maximum Gasteiger partial charge on any atom is 0.0585 e. The molecule has 0 fully saturated rings. The summed E-state index contributed by atoms with van der Waals surface area (Å²) in [4.78, 5) is 13.6. The lowest BCUT2D eigenvalue weighted by Gasteiger charge is -2.11. The van der Waals surface area contributed by atoms with Gasteiger partial charge in [-0.25, -0.2) is 0 Å². The molecular formula is C11H11N2O2-. The van der Waals surface area contributed by atoms with Crippen LogP contribution in [0.1, 0.15) is 5.56 Å². The highest BCUT2D eigenvalue weighted by atomic mass is 16.4. The fourth-order valence-corrected chi connectivity index (χ4v) is 1.62. The Morgan fingerprint density at radius 3 is 2.93 bits per heavy atom. The average molecular weight is 203 g/mol. The first-order chi connectivity index (χ1) is 7.18. The lowest BCUT2D eigenvalue weighted by atomic mass is 10.1. The van der Waals surface area contributed by atoms with Crippen LogP contribution in [-0.4, -0.2) is 17.0 Å². The summed E-state index contributed by atoms with van der Waals surface area (Å²) in [5, 5.41) is 11.5. The highest BCUT2D eigenvalue weighted by Crippen LogP contribution is 2.18. The summed E-state index contributed by atoms with van der Waals surface area (Å²) in [6, 6.07) is 6.74. The van der Waals surface area contributed by atoms with E-state index in [9.17, 15) is 9.90 Å². The van der Waals surface area contributed by atoms with Crippen molar-refractivity contribution < 1.29 is 9.90 Å². The molecule has 3 N–H and O–H groups in total. The van der Waals surface area contributed by atoms with E-state index in [-0.39, 0.29) is 6.42 Å². The predicted molar refractivity (Wildman–Crippen MR) is 55.0 cm³/mol. The molecule has 1 aromatic carbocycles. The summed E-state index contributed by atoms with van der Waals surface area (Å²) in [7, 11) is 0. The maximum absolute atomic E-state index is 10.5. The van der Waals surface area contributed by atoms with Gasteiger partial charge in [-0.3, -0.25) is 0 Å². The molecule has 15 heavy (non-hydrogen) atoms. The molecule has 0 spiro atoms. The third-order valence-corrected chi connectivity index (χ3v) is 2.42. The molecule has 0 aliphatic rings. The van der Waals surface area contributed by atoms with Crippen LogP contribution in [0, 0.1) is 0 Å². The van der Waals surface area contributed by atoms with Gasteiger partial charge in [0.1, 0.15) is 0 Å². The van der Waals surface area contributed by atoms with Gasteiger partial charge in [-0.2, -0.15) is 0 Å². The van der Waals surface area contributed by atoms with Crippen molar-refractivity contribution in [1.29, 1.82) is 0 Å². The van der Waals surface area contributed by atoms with Crippen molar-refractivity contribution in [1.82, 2.24) is 4.98 Å². The Morgan fingerprint density at radius 1 is 1.47 bits per heavy atom. The molecule has 0 aliphatic carbocycles. The quantitative estimate of drug-likeness (QED) is 0.724. The highest BCUT2D eigenvalue weighted by molar-refractivity contribution is 5.84. The Morgan fingerprint density at radius 2 is 2.20 bits per heavy atom. The zero-order valence-electron chi connectivity index (χ0n) is 8.07. The average Bonchev–Trinajstić information content (AvgIpc) is 2.62. The third-order valence-electron chi connectivity index (χ3n) is 2.42. The normalized spacial score (nSPS) is 12.9. The van der Waals surface area contributed by atoms with Gasteiger partial charge in [0, 0.05) is 23.1 Å². The largest absolute Gasteiger partial charge is 0.548 e. The van der Waals surface area contributed by atoms with Crippen molar-refractivity contribution in [2.75, 3.05) is 0 Å². The molecule has 1 atom stereocenters. The number of carboxylic acids is 1. The topological polar surface area (TPSA) is 81.9 Å². The fourth-order valence-electron chi connectivity index (χ4n) is 1.62. The van der Waals surface area contributed by atoms with E-state index < -0.39 is 12.0 Å². The predicted octanol–water partition coefficient (Wildman–Crippen LogP) is -0.212. The van der Waals surface area contributed by atoms with Gasteiger partial charge in [-0.15, -0.1) is 0 Å². The van der Waals surface area contributed by atoms with E-state index in [2.05, 4.69) is 4.98 Å². The molecule has 1 aromatic heterocycles. The van der Waals surface area contributed by atoms with E-state index in [1.54, 1.807) is 6.20 Å². The zero-order chi connectivity index (χ0) is 10.8. The molecule has 1 heterocycles. The number of para-hydroxylation sites is 1. The van der Waals surface area contributed by atoms with E-state index in [4.69, 9.17) is 5.73 Å². The first-order valence-corrected chi connectivity index (χ1v) is 4.70. The second-order valence-electron chi connectivity index (χ2n) is 3.49. The molecule has 0 aliphatic heterocycles. The first-order valence-electron chi connectivity index (χ1n) is 4.70. The van der Waals surface area contributed by atoms with Crippen molar-refractivity contribution >= 4 is 16.9 Å². The van der Waals surface area contributed by atoms with Crippen molar-refractivity contribution in [2.24, 2.45) is 5.73 Å². The molecule has 4 nitrogen and oxygen atoms in total. The molecule has 0 unspecified atom stereocenters. The van der Waals surface area contributed by atoms with Crippen LogP contribution < -0.4 is 10.8 Å². The number of rotatable bonds is 3. The number of hydrogen-bond donors (Lipinski definition) is 2. The molecule has 0 saturated carbocycles. The molecule has 0 saturated heterocycles. The van der Waals surface area contributed by atoms with E-state index >= 15 is 0 Å². The molecule has 2 rings (SSSR count). The number of carboxylic acid groups (broad SMARTS) is 1. The van der Waals surface area contributed by atoms with Crippen LogP contribution in [-0.2, 0) is 11.2 Å². The molecule has 0 bridgehead atoms. The van der Waals surface area contributed by atoms with Gasteiger partial charge < -0.3 is 20.6 Å². The monoisotopic (exact) mass is 203 g/mol. The van der Waals surface area contributed by atoms with Crippen LogP contribution in [0.3, 0.4) is 0 Å². The Labute approximate surface area is 86.7 Å². The molecule has 0 radical (unpaired) electrons. The second kappa shape index (κ2) is 3.74. The molecule has 2 aromatic rings. The van der Waals surface area contributed by atoms with E-state index in [1.807, 2.05) is 24.3 Å². The Kier molecular flexibility index (Phi) is 2.43. The van der Waals surface area contributed by atoms with Crippen molar-refractivity contribution in [2.45, 2.75) is 12.5 Å². The number of H-pyrrole nitrogens is 1. The van der Waals surface area contributed by atoms with Crippen LogP contribution >= 0.6 is 0 Å². The van der Waals surface area contributed by atoms with E-state index in [1.165, 1.54) is 0 Å². The van der Waals surface area contributed by atoms with Crippen molar-refractivity contribution in [3.05, 3.63) is 36.0 Å². The summed E-state index contributed by atoms with van der Waals surface area (Å²) in [5.41, 5.74) is 7.31. The summed E-state index contributed by atoms with van der Waals surface area (Å²) in [6.45, 7) is 0. The lowest BCUT2D eigenvalue weighted by Crippen LogP contribution is -2.43. The molecule has 78 valence electrons. The van der Waals surface area contributed by atoms with Gasteiger partial charge in [-0.05, 0) is 18.1 Å². The van der Waals surface area contributed by atoms with Crippen molar-refractivity contribution in [3.63, 3.8) is 0 Å². The van der Waals surface area contributed by atoms with Gasteiger partial charge in [0.15, 0.2) is 0 Å². The van der Waals surface area contributed by atoms with E-state index in [0.717, 1.165) is 16.5 Å². The summed E-state index contributed by atoms with van der Waals surface area (Å²) < 4.78 is 0. The number of hydrogen-bond acceptors (Lipinski definition) is 3. The Bertz CT molecular complexity index is 490. The number of aliphatic carboxylic acids is 1. The number of nitrogens with two attached hydrogens (primary N) is 1. The van der Waals surface area contributed by atoms with Crippen LogP contribution in [0.5, 0.6) is 0 Å². The van der Waals surface area contributed by atoms with Gasteiger partial charge in [-0.1, -0.05) is 18.2 Å². The van der Waals surface area contributed by atoms with Crippen LogP contribution in [0.4, 0.5) is 0 Å². The Balaban J connectivity index is 2.32. The molecular weight excluding hydrogens is 192 g/mol. The van der Waals surface area contributed by atoms with Gasteiger partial charge in [0.05, 0.1) is 5.97 Å². The number of aromatic nitrogens is 1. The number of aromatic amines is 1. The number of carbonyl (C=O) groups excluding carboxylic acids is 1.